The van der Waals surface area contributed by atoms with Crippen LogP contribution in [0.25, 0.3) is 11.3 Å². The number of amides is 2. The van der Waals surface area contributed by atoms with Gasteiger partial charge in [-0.25, -0.2) is 4.98 Å². The molecule has 4 aromatic rings. The predicted octanol–water partition coefficient (Wildman–Crippen LogP) is 5.26. The molecule has 0 unspecified atom stereocenters. The summed E-state index contributed by atoms with van der Waals surface area (Å²) in [7, 11) is 0. The lowest BCUT2D eigenvalue weighted by Gasteiger charge is -2.16. The fraction of sp³-hybridized carbons (Fsp3) is 0.269. The second-order valence-electron chi connectivity index (χ2n) is 8.22. The summed E-state index contributed by atoms with van der Waals surface area (Å²) in [4.78, 5) is 31.0. The van der Waals surface area contributed by atoms with Gasteiger partial charge in [0, 0.05) is 22.5 Å². The molecule has 0 fully saturated rings. The molecule has 1 atom stereocenters. The standard InChI is InChI=1S/C26H28N6O2S2/c1-5-32-23(17(3)27-24(34)20-14-10-9-11-16(20)2)30-31-26(32)35-15-21(33)28-25-29-22(18(4)36-25)19-12-7-6-8-13-19/h6-14,17H,5,15H2,1-4H3,(H,27,34)(H,28,29,33)/t17-/m1/s1. The number of nitrogens with zero attached hydrogens (tertiary/aromatic N) is 4. The van der Waals surface area contributed by atoms with Crippen molar-refractivity contribution in [2.45, 2.75) is 45.4 Å². The summed E-state index contributed by atoms with van der Waals surface area (Å²) in [5.74, 6) is 0.488. The largest absolute Gasteiger partial charge is 0.342 e. The molecule has 36 heavy (non-hydrogen) atoms. The molecule has 2 N–H and O–H groups in total. The second-order valence-corrected chi connectivity index (χ2v) is 10.4. The van der Waals surface area contributed by atoms with Gasteiger partial charge in [-0.3, -0.25) is 9.59 Å². The molecule has 0 bridgehead atoms. The lowest BCUT2D eigenvalue weighted by atomic mass is 10.1. The highest BCUT2D eigenvalue weighted by Crippen LogP contribution is 2.30. The summed E-state index contributed by atoms with van der Waals surface area (Å²) in [6.45, 7) is 8.38. The van der Waals surface area contributed by atoms with Crippen molar-refractivity contribution in [1.29, 1.82) is 0 Å². The Morgan fingerprint density at radius 2 is 1.78 bits per heavy atom. The van der Waals surface area contributed by atoms with Crippen molar-refractivity contribution in [2.24, 2.45) is 0 Å². The Morgan fingerprint density at radius 1 is 1.06 bits per heavy atom. The van der Waals surface area contributed by atoms with E-state index in [0.717, 1.165) is 21.7 Å². The molecule has 0 saturated carbocycles. The quantitative estimate of drug-likeness (QED) is 0.292. The van der Waals surface area contributed by atoms with Gasteiger partial charge in [-0.1, -0.05) is 60.3 Å². The van der Waals surface area contributed by atoms with E-state index in [1.807, 2.05) is 80.8 Å². The molecule has 2 aromatic carbocycles. The van der Waals surface area contributed by atoms with Gasteiger partial charge in [0.1, 0.15) is 0 Å². The van der Waals surface area contributed by atoms with Crippen LogP contribution in [-0.4, -0.2) is 37.3 Å². The van der Waals surface area contributed by atoms with Crippen molar-refractivity contribution in [3.63, 3.8) is 0 Å². The van der Waals surface area contributed by atoms with Crippen molar-refractivity contribution in [3.05, 3.63) is 76.4 Å². The number of aryl methyl sites for hydroxylation is 2. The number of hydrogen-bond acceptors (Lipinski definition) is 7. The number of benzene rings is 2. The minimum atomic E-state index is -0.345. The van der Waals surface area contributed by atoms with Crippen LogP contribution >= 0.6 is 23.1 Å². The molecular weight excluding hydrogens is 492 g/mol. The maximum atomic E-state index is 12.7. The average molecular weight is 521 g/mol. The van der Waals surface area contributed by atoms with Crippen molar-refractivity contribution in [1.82, 2.24) is 25.1 Å². The van der Waals surface area contributed by atoms with Gasteiger partial charge in [0.15, 0.2) is 16.1 Å². The van der Waals surface area contributed by atoms with E-state index in [4.69, 9.17) is 0 Å². The first-order valence-electron chi connectivity index (χ1n) is 11.6. The number of thioether (sulfide) groups is 1. The zero-order chi connectivity index (χ0) is 25.7. The average Bonchev–Trinajstić information content (AvgIpc) is 3.46. The molecule has 0 saturated heterocycles. The van der Waals surface area contributed by atoms with Crippen molar-refractivity contribution >= 4 is 40.0 Å². The highest BCUT2D eigenvalue weighted by Gasteiger charge is 2.21. The molecule has 8 nitrogen and oxygen atoms in total. The predicted molar refractivity (Wildman–Crippen MR) is 144 cm³/mol. The third kappa shape index (κ3) is 5.83. The number of carbonyl (C=O) groups excluding carboxylic acids is 2. The summed E-state index contributed by atoms with van der Waals surface area (Å²) in [6, 6.07) is 17.0. The van der Waals surface area contributed by atoms with E-state index in [1.165, 1.54) is 23.1 Å². The smallest absolute Gasteiger partial charge is 0.252 e. The van der Waals surface area contributed by atoms with E-state index in [0.29, 0.717) is 28.2 Å². The van der Waals surface area contributed by atoms with E-state index >= 15 is 0 Å². The third-order valence-corrected chi connectivity index (χ3v) is 7.46. The molecule has 2 aromatic heterocycles. The van der Waals surface area contributed by atoms with Gasteiger partial charge in [0.25, 0.3) is 5.91 Å². The Morgan fingerprint density at radius 3 is 2.50 bits per heavy atom. The Balaban J connectivity index is 1.38. The Kier molecular flexibility index (Phi) is 8.17. The van der Waals surface area contributed by atoms with E-state index in [1.54, 1.807) is 6.07 Å². The van der Waals surface area contributed by atoms with Gasteiger partial charge >= 0.3 is 0 Å². The topological polar surface area (TPSA) is 102 Å². The first-order chi connectivity index (χ1) is 17.4. The summed E-state index contributed by atoms with van der Waals surface area (Å²) in [5, 5.41) is 15.7. The maximum absolute atomic E-state index is 12.7. The van der Waals surface area contributed by atoms with Gasteiger partial charge in [0.05, 0.1) is 17.5 Å². The van der Waals surface area contributed by atoms with Gasteiger partial charge < -0.3 is 15.2 Å². The zero-order valence-corrected chi connectivity index (χ0v) is 22.2. The number of nitrogens with one attached hydrogen (secondary N) is 2. The summed E-state index contributed by atoms with van der Waals surface area (Å²) in [5.41, 5.74) is 3.44. The number of anilines is 1. The number of hydrogen-bond donors (Lipinski definition) is 2. The van der Waals surface area contributed by atoms with Crippen molar-refractivity contribution in [3.8, 4) is 11.3 Å². The normalized spacial score (nSPS) is 11.8. The molecule has 0 aliphatic heterocycles. The fourth-order valence-corrected chi connectivity index (χ4v) is 5.45. The first kappa shape index (κ1) is 25.6. The maximum Gasteiger partial charge on any atom is 0.252 e. The van der Waals surface area contributed by atoms with E-state index in [9.17, 15) is 9.59 Å². The van der Waals surface area contributed by atoms with Crippen molar-refractivity contribution < 1.29 is 9.59 Å². The fourth-order valence-electron chi connectivity index (χ4n) is 3.79. The summed E-state index contributed by atoms with van der Waals surface area (Å²) < 4.78 is 1.92. The van der Waals surface area contributed by atoms with E-state index in [2.05, 4.69) is 25.8 Å². The molecule has 0 radical (unpaired) electrons. The van der Waals surface area contributed by atoms with Crippen LogP contribution in [0.15, 0.2) is 59.8 Å². The van der Waals surface area contributed by atoms with Crippen LogP contribution in [0.3, 0.4) is 0 Å². The van der Waals surface area contributed by atoms with Crippen LogP contribution in [0.1, 0.15) is 46.5 Å². The van der Waals surface area contributed by atoms with Crippen LogP contribution in [0.4, 0.5) is 5.13 Å². The zero-order valence-electron chi connectivity index (χ0n) is 20.6. The number of carbonyl (C=O) groups is 2. The second kappa shape index (κ2) is 11.5. The molecule has 2 amide bonds. The van der Waals surface area contributed by atoms with E-state index in [-0.39, 0.29) is 23.6 Å². The minimum Gasteiger partial charge on any atom is -0.342 e. The van der Waals surface area contributed by atoms with E-state index < -0.39 is 0 Å². The Hall–Kier alpha value is -3.50. The minimum absolute atomic E-state index is 0.159. The monoisotopic (exact) mass is 520 g/mol. The Bertz CT molecular complexity index is 1370. The SMILES string of the molecule is CCn1c(SCC(=O)Nc2nc(-c3ccccc3)c(C)s2)nnc1[C@@H](C)NC(=O)c1ccccc1C. The molecule has 4 rings (SSSR count). The molecule has 0 aliphatic rings. The van der Waals surface area contributed by atoms with Gasteiger partial charge in [-0.15, -0.1) is 21.5 Å². The van der Waals surface area contributed by atoms with Gasteiger partial charge in [-0.2, -0.15) is 0 Å². The van der Waals surface area contributed by atoms with Gasteiger partial charge in [-0.05, 0) is 39.3 Å². The number of aromatic nitrogens is 4. The lowest BCUT2D eigenvalue weighted by Crippen LogP contribution is -2.29. The van der Waals surface area contributed by atoms with Crippen LogP contribution in [0.5, 0.6) is 0 Å². The molecule has 2 heterocycles. The first-order valence-corrected chi connectivity index (χ1v) is 13.4. The van der Waals surface area contributed by atoms with Crippen LogP contribution < -0.4 is 10.6 Å². The lowest BCUT2D eigenvalue weighted by molar-refractivity contribution is -0.113. The molecule has 186 valence electrons. The summed E-state index contributed by atoms with van der Waals surface area (Å²) in [6.07, 6.45) is 0. The molecule has 0 spiro atoms. The van der Waals surface area contributed by atoms with Crippen LogP contribution in [0.2, 0.25) is 0 Å². The highest BCUT2D eigenvalue weighted by molar-refractivity contribution is 7.99. The number of rotatable bonds is 9. The molecular formula is C26H28N6O2S2. The molecule has 0 aliphatic carbocycles. The van der Waals surface area contributed by atoms with Gasteiger partial charge in [0.2, 0.25) is 5.91 Å². The third-order valence-electron chi connectivity index (χ3n) is 5.61. The molecule has 10 heteroatoms. The summed E-state index contributed by atoms with van der Waals surface area (Å²) >= 11 is 2.76. The highest BCUT2D eigenvalue weighted by atomic mass is 32.2. The van der Waals surface area contributed by atoms with Crippen molar-refractivity contribution in [2.75, 3.05) is 11.1 Å². The Labute approximate surface area is 218 Å². The number of thiazole rings is 1. The van der Waals surface area contributed by atoms with Crippen LogP contribution in [-0.2, 0) is 11.3 Å². The van der Waals surface area contributed by atoms with Crippen LogP contribution in [0, 0.1) is 13.8 Å².